The molecule has 0 amide bonds. The first-order chi connectivity index (χ1) is 17.7. The van der Waals surface area contributed by atoms with Gasteiger partial charge in [0, 0.05) is 43.0 Å². The summed E-state index contributed by atoms with van der Waals surface area (Å²) in [7, 11) is 2.10. The summed E-state index contributed by atoms with van der Waals surface area (Å²) in [5, 5.41) is 19.3. The van der Waals surface area contributed by atoms with E-state index in [2.05, 4.69) is 53.9 Å². The number of likely N-dealkylation sites (N-methyl/N-ethyl adjacent to an activating group) is 1. The number of hydrogen-bond acceptors (Lipinski definition) is 9. The van der Waals surface area contributed by atoms with Crippen LogP contribution < -0.4 is 16.0 Å². The summed E-state index contributed by atoms with van der Waals surface area (Å²) < 4.78 is 39.8. The van der Waals surface area contributed by atoms with E-state index in [1.807, 2.05) is 19.1 Å². The highest BCUT2D eigenvalue weighted by Crippen LogP contribution is 2.39. The summed E-state index contributed by atoms with van der Waals surface area (Å²) in [4.78, 5) is 19.5. The third kappa shape index (κ3) is 5.27. The minimum atomic E-state index is -4.52. The maximum atomic E-state index is 13.3. The third-order valence-electron chi connectivity index (χ3n) is 6.74. The predicted molar refractivity (Wildman–Crippen MR) is 132 cm³/mol. The molecule has 192 valence electrons. The topological polar surface area (TPSA) is 115 Å². The fraction of sp³-hybridized carbons (Fsp3) is 0.400. The Balaban J connectivity index is 1.34. The second kappa shape index (κ2) is 9.82. The van der Waals surface area contributed by atoms with Crippen molar-refractivity contribution in [1.82, 2.24) is 24.8 Å². The van der Waals surface area contributed by atoms with Crippen LogP contribution in [0.15, 0.2) is 36.8 Å². The number of pyridine rings is 2. The van der Waals surface area contributed by atoms with Gasteiger partial charge in [-0.3, -0.25) is 0 Å². The number of likely N-dealkylation sites (tertiary alicyclic amines) is 1. The summed E-state index contributed by atoms with van der Waals surface area (Å²) in [6.07, 6.45) is 0.526. The van der Waals surface area contributed by atoms with Gasteiger partial charge in [-0.15, -0.1) is 0 Å². The van der Waals surface area contributed by atoms with Crippen LogP contribution in [-0.2, 0) is 6.18 Å². The molecule has 2 unspecified atom stereocenters. The summed E-state index contributed by atoms with van der Waals surface area (Å²) in [6, 6.07) is 7.20. The molecule has 12 heteroatoms. The molecule has 3 aromatic rings. The van der Waals surface area contributed by atoms with E-state index in [-0.39, 0.29) is 24.1 Å². The molecule has 0 bridgehead atoms. The van der Waals surface area contributed by atoms with Crippen LogP contribution in [0.25, 0.3) is 0 Å². The Labute approximate surface area is 212 Å². The summed E-state index contributed by atoms with van der Waals surface area (Å²) >= 11 is 0. The van der Waals surface area contributed by atoms with Gasteiger partial charge in [-0.1, -0.05) is 6.07 Å². The molecule has 0 saturated carbocycles. The highest BCUT2D eigenvalue weighted by Gasteiger charge is 2.35. The lowest BCUT2D eigenvalue weighted by molar-refractivity contribution is -0.137. The summed E-state index contributed by atoms with van der Waals surface area (Å²) in [6.45, 7) is 4.25. The minimum absolute atomic E-state index is 0.199. The molecule has 9 nitrogen and oxygen atoms in total. The molecule has 37 heavy (non-hydrogen) atoms. The standard InChI is InChI=1S/C25H26F3N9/c1-14(15-3-4-21(30-9-15)35-18-5-6-37(2)13-18)34-24-33-10-16(8-29)22(36-24)20-12-32-23-19(20)7-17(11-31-23)25(26,27)28/h3-4,7,9-11,14,18,20H,5-6,12-13H2,1-2H3,(H,30,35)(H,31,32)(H,33,34,36)/t14?,18-,20?/m0/s1. The Morgan fingerprint density at radius 2 is 2.03 bits per heavy atom. The van der Waals surface area contributed by atoms with Gasteiger partial charge in [0.05, 0.1) is 29.1 Å². The van der Waals surface area contributed by atoms with Gasteiger partial charge in [0.2, 0.25) is 5.95 Å². The molecule has 3 atom stereocenters. The van der Waals surface area contributed by atoms with Crippen molar-refractivity contribution in [2.45, 2.75) is 37.5 Å². The zero-order valence-electron chi connectivity index (χ0n) is 20.3. The first-order valence-corrected chi connectivity index (χ1v) is 12.0. The largest absolute Gasteiger partial charge is 0.417 e. The van der Waals surface area contributed by atoms with Crippen molar-refractivity contribution in [2.24, 2.45) is 0 Å². The summed E-state index contributed by atoms with van der Waals surface area (Å²) in [5.74, 6) is 0.867. The lowest BCUT2D eigenvalue weighted by atomic mass is 9.95. The highest BCUT2D eigenvalue weighted by atomic mass is 19.4. The van der Waals surface area contributed by atoms with Crippen LogP contribution in [0.1, 0.15) is 53.3 Å². The van der Waals surface area contributed by atoms with Crippen LogP contribution in [0.2, 0.25) is 0 Å². The highest BCUT2D eigenvalue weighted by molar-refractivity contribution is 5.58. The zero-order chi connectivity index (χ0) is 26.2. The number of hydrogen-bond donors (Lipinski definition) is 3. The van der Waals surface area contributed by atoms with E-state index >= 15 is 0 Å². The maximum absolute atomic E-state index is 13.3. The normalized spacial score (nSPS) is 20.1. The van der Waals surface area contributed by atoms with Gasteiger partial charge in [0.1, 0.15) is 17.7 Å². The quantitative estimate of drug-likeness (QED) is 0.454. The molecule has 0 aliphatic carbocycles. The molecule has 0 radical (unpaired) electrons. The average Bonchev–Trinajstić information content (AvgIpc) is 3.49. The number of anilines is 3. The molecule has 0 aromatic carbocycles. The second-order valence-electron chi connectivity index (χ2n) is 9.43. The molecule has 3 aromatic heterocycles. The van der Waals surface area contributed by atoms with E-state index in [4.69, 9.17) is 0 Å². The number of alkyl halides is 3. The lowest BCUT2D eigenvalue weighted by Gasteiger charge is -2.18. The van der Waals surface area contributed by atoms with E-state index in [1.54, 1.807) is 6.20 Å². The zero-order valence-corrected chi connectivity index (χ0v) is 20.3. The van der Waals surface area contributed by atoms with Crippen molar-refractivity contribution >= 4 is 17.6 Å². The Morgan fingerprint density at radius 3 is 2.70 bits per heavy atom. The third-order valence-corrected chi connectivity index (χ3v) is 6.74. The van der Waals surface area contributed by atoms with Gasteiger partial charge in [0.25, 0.3) is 0 Å². The number of nitrogens with one attached hydrogen (secondary N) is 3. The molecule has 2 aliphatic heterocycles. The molecule has 3 N–H and O–H groups in total. The van der Waals surface area contributed by atoms with Crippen molar-refractivity contribution in [2.75, 3.05) is 42.6 Å². The van der Waals surface area contributed by atoms with Crippen LogP contribution in [0.5, 0.6) is 0 Å². The Kier molecular flexibility index (Phi) is 6.55. The van der Waals surface area contributed by atoms with Crippen LogP contribution >= 0.6 is 0 Å². The van der Waals surface area contributed by atoms with E-state index in [0.29, 0.717) is 23.1 Å². The molecule has 5 heterocycles. The first-order valence-electron chi connectivity index (χ1n) is 12.0. The van der Waals surface area contributed by atoms with Crippen LogP contribution in [0.4, 0.5) is 30.8 Å². The number of halogens is 3. The fourth-order valence-corrected chi connectivity index (χ4v) is 4.70. The Bertz CT molecular complexity index is 1320. The first kappa shape index (κ1) is 24.7. The van der Waals surface area contributed by atoms with Crippen molar-refractivity contribution in [1.29, 1.82) is 5.26 Å². The number of nitriles is 1. The molecule has 1 fully saturated rings. The summed E-state index contributed by atoms with van der Waals surface area (Å²) in [5.41, 5.74) is 0.967. The van der Waals surface area contributed by atoms with Crippen LogP contribution in [0.3, 0.4) is 0 Å². The number of rotatable bonds is 6. The van der Waals surface area contributed by atoms with E-state index in [0.717, 1.165) is 43.2 Å². The number of aromatic nitrogens is 4. The number of fused-ring (bicyclic) bond motifs is 1. The van der Waals surface area contributed by atoms with Gasteiger partial charge in [-0.25, -0.2) is 19.9 Å². The monoisotopic (exact) mass is 509 g/mol. The number of nitrogens with zero attached hydrogens (tertiary/aromatic N) is 6. The maximum Gasteiger partial charge on any atom is 0.417 e. The smallest absolute Gasteiger partial charge is 0.369 e. The van der Waals surface area contributed by atoms with Gasteiger partial charge >= 0.3 is 6.18 Å². The SMILES string of the molecule is CC(Nc1ncc(C#N)c(C2CNc3ncc(C(F)(F)F)cc32)n1)c1ccc(N[C@H]2CCN(C)C2)nc1. The minimum Gasteiger partial charge on any atom is -0.369 e. The van der Waals surface area contributed by atoms with E-state index < -0.39 is 17.7 Å². The van der Waals surface area contributed by atoms with E-state index in [1.165, 1.54) is 6.20 Å². The average molecular weight is 510 g/mol. The fourth-order valence-electron chi connectivity index (χ4n) is 4.70. The molecule has 5 rings (SSSR count). The van der Waals surface area contributed by atoms with Crippen LogP contribution in [0, 0.1) is 11.3 Å². The molecular formula is C25H26F3N9. The van der Waals surface area contributed by atoms with Gasteiger partial charge in [-0.2, -0.15) is 18.4 Å². The predicted octanol–water partition coefficient (Wildman–Crippen LogP) is 4.00. The van der Waals surface area contributed by atoms with Gasteiger partial charge in [0.15, 0.2) is 0 Å². The van der Waals surface area contributed by atoms with Gasteiger partial charge < -0.3 is 20.9 Å². The Morgan fingerprint density at radius 1 is 1.19 bits per heavy atom. The van der Waals surface area contributed by atoms with Crippen molar-refractivity contribution < 1.29 is 13.2 Å². The lowest BCUT2D eigenvalue weighted by Crippen LogP contribution is -2.24. The van der Waals surface area contributed by atoms with E-state index in [9.17, 15) is 18.4 Å². The van der Waals surface area contributed by atoms with Crippen molar-refractivity contribution in [3.63, 3.8) is 0 Å². The van der Waals surface area contributed by atoms with Crippen LogP contribution in [-0.4, -0.2) is 57.6 Å². The Hall–Kier alpha value is -3.98. The molecule has 2 aliphatic rings. The van der Waals surface area contributed by atoms with Gasteiger partial charge in [-0.05, 0) is 44.6 Å². The second-order valence-corrected chi connectivity index (χ2v) is 9.43. The van der Waals surface area contributed by atoms with Crippen molar-refractivity contribution in [3.8, 4) is 6.07 Å². The van der Waals surface area contributed by atoms with Crippen molar-refractivity contribution in [3.05, 3.63) is 64.7 Å². The molecule has 1 saturated heterocycles. The molecular weight excluding hydrogens is 483 g/mol. The molecule has 0 spiro atoms.